The molecule has 0 radical (unpaired) electrons. The zero-order chi connectivity index (χ0) is 13.1. The van der Waals surface area contributed by atoms with Gasteiger partial charge in [-0.1, -0.05) is 0 Å². The van der Waals surface area contributed by atoms with Crippen LogP contribution in [-0.2, 0) is 0 Å². The molecule has 18 heavy (non-hydrogen) atoms. The average molecular weight is 250 g/mol. The quantitative estimate of drug-likeness (QED) is 0.888. The molecule has 4 heteroatoms. The first-order valence-corrected chi connectivity index (χ1v) is 6.33. The normalized spacial score (nSPS) is 24.0. The Morgan fingerprint density at radius 2 is 2.06 bits per heavy atom. The van der Waals surface area contributed by atoms with Crippen molar-refractivity contribution in [3.63, 3.8) is 0 Å². The summed E-state index contributed by atoms with van der Waals surface area (Å²) in [6.07, 6.45) is 1.15. The monoisotopic (exact) mass is 250 g/mol. The third kappa shape index (κ3) is 2.70. The zero-order valence-corrected chi connectivity index (χ0v) is 11.6. The minimum atomic E-state index is 0.464. The van der Waals surface area contributed by atoms with Gasteiger partial charge in [-0.15, -0.1) is 0 Å². The number of benzene rings is 1. The van der Waals surface area contributed by atoms with Gasteiger partial charge in [0.15, 0.2) is 0 Å². The van der Waals surface area contributed by atoms with Gasteiger partial charge in [-0.05, 0) is 32.5 Å². The van der Waals surface area contributed by atoms with Crippen molar-refractivity contribution in [3.05, 3.63) is 18.2 Å². The predicted molar refractivity (Wildman–Crippen MR) is 73.7 cm³/mol. The van der Waals surface area contributed by atoms with E-state index in [0.29, 0.717) is 12.1 Å². The fourth-order valence-corrected chi connectivity index (χ4v) is 2.45. The lowest BCUT2D eigenvalue weighted by Crippen LogP contribution is -2.25. The number of likely N-dealkylation sites (tertiary alicyclic amines) is 1. The predicted octanol–water partition coefficient (Wildman–Crippen LogP) is 2.21. The Morgan fingerprint density at radius 1 is 1.28 bits per heavy atom. The van der Waals surface area contributed by atoms with Crippen LogP contribution < -0.4 is 14.8 Å². The number of nitrogens with zero attached hydrogens (tertiary/aromatic N) is 1. The average Bonchev–Trinajstić information content (AvgIpc) is 2.68. The highest BCUT2D eigenvalue weighted by molar-refractivity contribution is 5.60. The summed E-state index contributed by atoms with van der Waals surface area (Å²) in [4.78, 5) is 2.37. The Bertz CT molecular complexity index is 399. The highest BCUT2D eigenvalue weighted by Gasteiger charge is 2.26. The molecule has 1 N–H and O–H groups in total. The van der Waals surface area contributed by atoms with E-state index in [-0.39, 0.29) is 0 Å². The van der Waals surface area contributed by atoms with Crippen molar-refractivity contribution in [1.29, 1.82) is 0 Å². The van der Waals surface area contributed by atoms with Gasteiger partial charge in [0, 0.05) is 24.7 Å². The number of methoxy groups -OCH3 is 2. The fraction of sp³-hybridized carbons (Fsp3) is 0.571. The van der Waals surface area contributed by atoms with Crippen LogP contribution in [0.15, 0.2) is 18.2 Å². The van der Waals surface area contributed by atoms with Crippen LogP contribution in [-0.4, -0.2) is 44.8 Å². The standard InChI is InChI=1S/C14H22N2O2/c1-10-7-11(9-16(10)2)15-13-8-12(17-3)5-6-14(13)18-4/h5-6,8,10-11,15H,7,9H2,1-4H3. The van der Waals surface area contributed by atoms with Gasteiger partial charge in [0.1, 0.15) is 11.5 Å². The summed E-state index contributed by atoms with van der Waals surface area (Å²) >= 11 is 0. The molecular formula is C14H22N2O2. The molecule has 0 amide bonds. The first-order chi connectivity index (χ1) is 8.63. The Kier molecular flexibility index (Phi) is 3.97. The van der Waals surface area contributed by atoms with Crippen LogP contribution in [0.1, 0.15) is 13.3 Å². The highest BCUT2D eigenvalue weighted by atomic mass is 16.5. The number of ether oxygens (including phenoxy) is 2. The van der Waals surface area contributed by atoms with Crippen molar-refractivity contribution in [1.82, 2.24) is 4.90 Å². The van der Waals surface area contributed by atoms with Crippen molar-refractivity contribution in [2.45, 2.75) is 25.4 Å². The molecule has 1 fully saturated rings. The van der Waals surface area contributed by atoms with Crippen LogP contribution in [0.25, 0.3) is 0 Å². The summed E-state index contributed by atoms with van der Waals surface area (Å²) in [5.41, 5.74) is 1.00. The Labute approximate surface area is 109 Å². The smallest absolute Gasteiger partial charge is 0.142 e. The van der Waals surface area contributed by atoms with E-state index in [4.69, 9.17) is 9.47 Å². The summed E-state index contributed by atoms with van der Waals surface area (Å²) in [5.74, 6) is 1.70. The molecule has 1 aromatic carbocycles. The van der Waals surface area contributed by atoms with Crippen molar-refractivity contribution >= 4 is 5.69 Å². The van der Waals surface area contributed by atoms with Gasteiger partial charge in [0.2, 0.25) is 0 Å². The lowest BCUT2D eigenvalue weighted by Gasteiger charge is -2.17. The molecule has 0 spiro atoms. The molecule has 1 aromatic rings. The molecule has 0 aliphatic carbocycles. The van der Waals surface area contributed by atoms with Gasteiger partial charge in [-0.25, -0.2) is 0 Å². The second-order valence-corrected chi connectivity index (χ2v) is 4.93. The fourth-order valence-electron chi connectivity index (χ4n) is 2.45. The van der Waals surface area contributed by atoms with E-state index in [0.717, 1.165) is 30.2 Å². The van der Waals surface area contributed by atoms with E-state index in [1.165, 1.54) is 0 Å². The number of rotatable bonds is 4. The largest absolute Gasteiger partial charge is 0.497 e. The molecule has 100 valence electrons. The molecular weight excluding hydrogens is 228 g/mol. The van der Waals surface area contributed by atoms with Crippen molar-refractivity contribution in [3.8, 4) is 11.5 Å². The van der Waals surface area contributed by atoms with Gasteiger partial charge in [0.25, 0.3) is 0 Å². The molecule has 4 nitrogen and oxygen atoms in total. The van der Waals surface area contributed by atoms with Crippen LogP contribution in [0.2, 0.25) is 0 Å². The second kappa shape index (κ2) is 5.48. The van der Waals surface area contributed by atoms with E-state index in [1.807, 2.05) is 18.2 Å². The number of likely N-dealkylation sites (N-methyl/N-ethyl adjacent to an activating group) is 1. The molecule has 0 bridgehead atoms. The van der Waals surface area contributed by atoms with Gasteiger partial charge < -0.3 is 19.7 Å². The summed E-state index contributed by atoms with van der Waals surface area (Å²) in [5, 5.41) is 3.55. The highest BCUT2D eigenvalue weighted by Crippen LogP contribution is 2.31. The van der Waals surface area contributed by atoms with Gasteiger partial charge in [-0.3, -0.25) is 0 Å². The Hall–Kier alpha value is -1.42. The summed E-state index contributed by atoms with van der Waals surface area (Å²) in [6, 6.07) is 6.92. The van der Waals surface area contributed by atoms with E-state index in [9.17, 15) is 0 Å². The Morgan fingerprint density at radius 3 is 2.61 bits per heavy atom. The van der Waals surface area contributed by atoms with E-state index in [1.54, 1.807) is 14.2 Å². The lowest BCUT2D eigenvalue weighted by molar-refractivity contribution is 0.330. The van der Waals surface area contributed by atoms with Gasteiger partial charge in [0.05, 0.1) is 19.9 Å². The molecule has 1 aliphatic heterocycles. The van der Waals surface area contributed by atoms with Crippen LogP contribution >= 0.6 is 0 Å². The minimum Gasteiger partial charge on any atom is -0.497 e. The summed E-state index contributed by atoms with van der Waals surface area (Å²) in [7, 11) is 5.53. The second-order valence-electron chi connectivity index (χ2n) is 4.93. The molecule has 2 rings (SSSR count). The molecule has 1 aliphatic rings. The molecule has 2 atom stereocenters. The number of hydrogen-bond donors (Lipinski definition) is 1. The number of anilines is 1. The maximum atomic E-state index is 5.38. The molecule has 2 unspecified atom stereocenters. The van der Waals surface area contributed by atoms with Crippen LogP contribution in [0.4, 0.5) is 5.69 Å². The maximum Gasteiger partial charge on any atom is 0.142 e. The Balaban J connectivity index is 2.12. The van der Waals surface area contributed by atoms with E-state index in [2.05, 4.69) is 24.2 Å². The van der Waals surface area contributed by atoms with Gasteiger partial charge >= 0.3 is 0 Å². The van der Waals surface area contributed by atoms with Crippen LogP contribution in [0.3, 0.4) is 0 Å². The zero-order valence-electron chi connectivity index (χ0n) is 11.6. The molecule has 0 saturated carbocycles. The van der Waals surface area contributed by atoms with Crippen molar-refractivity contribution in [2.24, 2.45) is 0 Å². The number of nitrogens with one attached hydrogen (secondary N) is 1. The summed E-state index contributed by atoms with van der Waals surface area (Å²) < 4.78 is 10.6. The maximum absolute atomic E-state index is 5.38. The van der Waals surface area contributed by atoms with Crippen molar-refractivity contribution < 1.29 is 9.47 Å². The minimum absolute atomic E-state index is 0.464. The topological polar surface area (TPSA) is 33.7 Å². The van der Waals surface area contributed by atoms with Crippen molar-refractivity contribution in [2.75, 3.05) is 33.1 Å². The number of hydrogen-bond acceptors (Lipinski definition) is 4. The first kappa shape index (κ1) is 13.0. The third-order valence-corrected chi connectivity index (χ3v) is 3.65. The third-order valence-electron chi connectivity index (χ3n) is 3.65. The molecule has 1 saturated heterocycles. The first-order valence-electron chi connectivity index (χ1n) is 6.33. The summed E-state index contributed by atoms with van der Waals surface area (Å²) in [6.45, 7) is 3.31. The molecule has 1 heterocycles. The SMILES string of the molecule is COc1ccc(OC)c(NC2CC(C)N(C)C2)c1. The van der Waals surface area contributed by atoms with E-state index >= 15 is 0 Å². The van der Waals surface area contributed by atoms with Gasteiger partial charge in [-0.2, -0.15) is 0 Å². The molecule has 0 aromatic heterocycles. The van der Waals surface area contributed by atoms with Crippen LogP contribution in [0.5, 0.6) is 11.5 Å². The lowest BCUT2D eigenvalue weighted by atomic mass is 10.1. The van der Waals surface area contributed by atoms with E-state index < -0.39 is 0 Å². The van der Waals surface area contributed by atoms with Crippen LogP contribution in [0, 0.1) is 0 Å².